The molecule has 0 aromatic heterocycles. The number of rotatable bonds is 1. The van der Waals surface area contributed by atoms with Crippen LogP contribution in [0.25, 0.3) is 0 Å². The van der Waals surface area contributed by atoms with Crippen LogP contribution in [-0.4, -0.2) is 64.4 Å². The van der Waals surface area contributed by atoms with Crippen LogP contribution in [0.1, 0.15) is 6.92 Å². The molecule has 0 bridgehead atoms. The van der Waals surface area contributed by atoms with Gasteiger partial charge in [-0.2, -0.15) is 8.42 Å². The van der Waals surface area contributed by atoms with Crippen molar-refractivity contribution in [3.63, 3.8) is 0 Å². The summed E-state index contributed by atoms with van der Waals surface area (Å²) in [6.45, 7) is 1.51. The second kappa shape index (κ2) is 5.10. The molecule has 43 valence electrons. The molecule has 1 radical (unpaired) electrons. The van der Waals surface area contributed by atoms with E-state index in [0.717, 1.165) is 0 Å². The van der Waals surface area contributed by atoms with Gasteiger partial charge in [0.2, 0.25) is 0 Å². The largest absolute Gasteiger partial charge is 0.287 e. The second-order valence-corrected chi connectivity index (χ2v) is 2.29. The van der Waals surface area contributed by atoms with Gasteiger partial charge in [-0.15, -0.1) is 0 Å². The predicted molar refractivity (Wildman–Crippen MR) is 32.1 cm³/mol. The van der Waals surface area contributed by atoms with Crippen LogP contribution in [0.5, 0.6) is 0 Å². The van der Waals surface area contributed by atoms with Crippen molar-refractivity contribution in [1.29, 1.82) is 0 Å². The second-order valence-electron chi connectivity index (χ2n) is 0.984. The Morgan fingerprint density at radius 3 is 1.88 bits per heavy atom. The fourth-order valence-electron chi connectivity index (χ4n) is 0.172. The van der Waals surface area contributed by atoms with Crippen LogP contribution in [-0.2, 0) is 10.1 Å². The van der Waals surface area contributed by atoms with E-state index in [2.05, 4.69) is 0 Å². The Balaban J connectivity index is 0. The Hall–Kier alpha value is 1.29. The number of hydrogen-bond donors (Lipinski definition) is 1. The quantitative estimate of drug-likeness (QED) is 0.436. The summed E-state index contributed by atoms with van der Waals surface area (Å²) >= 11 is 0. The fraction of sp³-hybridized carbons (Fsp3) is 0.333. The molecule has 0 saturated heterocycles. The molecule has 5 heteroatoms. The molecule has 0 rings (SSSR count). The summed E-state index contributed by atoms with van der Waals surface area (Å²) in [4.78, 5) is 0. The van der Waals surface area contributed by atoms with Crippen LogP contribution in [0.2, 0.25) is 0 Å². The van der Waals surface area contributed by atoms with Crippen molar-refractivity contribution < 1.29 is 13.0 Å². The van der Waals surface area contributed by atoms with Gasteiger partial charge in [-0.25, -0.2) is 0 Å². The van der Waals surface area contributed by atoms with Crippen LogP contribution in [0.15, 0.2) is 11.5 Å². The standard InChI is InChI=1S/C3H6O3S.K/c1-2-3-7(4,5)6;/h2-3H,1H3,(H,4,5,6);. The van der Waals surface area contributed by atoms with E-state index in [1.807, 2.05) is 0 Å². The third-order valence-corrected chi connectivity index (χ3v) is 0.924. The Labute approximate surface area is 91.3 Å². The van der Waals surface area contributed by atoms with E-state index >= 15 is 0 Å². The van der Waals surface area contributed by atoms with E-state index in [1.165, 1.54) is 13.0 Å². The molecule has 0 atom stereocenters. The van der Waals surface area contributed by atoms with Gasteiger partial charge in [-0.1, -0.05) is 6.08 Å². The summed E-state index contributed by atoms with van der Waals surface area (Å²) in [7, 11) is -3.85. The van der Waals surface area contributed by atoms with E-state index in [0.29, 0.717) is 5.41 Å². The first-order chi connectivity index (χ1) is 3.06. The first-order valence-electron chi connectivity index (χ1n) is 1.66. The molecule has 0 fully saturated rings. The third kappa shape index (κ3) is 10.3. The van der Waals surface area contributed by atoms with E-state index in [1.54, 1.807) is 0 Å². The van der Waals surface area contributed by atoms with Crippen molar-refractivity contribution in [3.8, 4) is 0 Å². The molecule has 0 saturated carbocycles. The summed E-state index contributed by atoms with van der Waals surface area (Å²) in [6.07, 6.45) is 1.25. The Kier molecular flexibility index (Phi) is 7.66. The molecule has 0 unspecified atom stereocenters. The maximum atomic E-state index is 9.70. The molecule has 0 aliphatic carbocycles. The molecule has 8 heavy (non-hydrogen) atoms. The first-order valence-corrected chi connectivity index (χ1v) is 3.17. The number of allylic oxidation sites excluding steroid dienone is 1. The first kappa shape index (κ1) is 12.0. The van der Waals surface area contributed by atoms with Crippen LogP contribution < -0.4 is 0 Å². The average molecular weight is 161 g/mol. The zero-order valence-corrected chi connectivity index (χ0v) is 8.77. The van der Waals surface area contributed by atoms with Gasteiger partial charge in [0.25, 0.3) is 10.1 Å². The van der Waals surface area contributed by atoms with Crippen molar-refractivity contribution in [2.24, 2.45) is 0 Å². The molecular formula is C3H6KO3S. The third-order valence-electron chi connectivity index (χ3n) is 0.308. The van der Waals surface area contributed by atoms with Gasteiger partial charge in [-0.3, -0.25) is 4.55 Å². The van der Waals surface area contributed by atoms with Gasteiger partial charge >= 0.3 is 0 Å². The summed E-state index contributed by atoms with van der Waals surface area (Å²) in [5.41, 5.74) is 0. The zero-order valence-electron chi connectivity index (χ0n) is 4.83. The minimum Gasteiger partial charge on any atom is -0.282 e. The minimum absolute atomic E-state index is 0. The van der Waals surface area contributed by atoms with Crippen LogP contribution in [0, 0.1) is 0 Å². The van der Waals surface area contributed by atoms with E-state index in [-0.39, 0.29) is 51.4 Å². The molecule has 1 N–H and O–H groups in total. The summed E-state index contributed by atoms with van der Waals surface area (Å²) in [6, 6.07) is 0. The Morgan fingerprint density at radius 2 is 1.88 bits per heavy atom. The van der Waals surface area contributed by atoms with Gasteiger partial charge in [0.1, 0.15) is 0 Å². The van der Waals surface area contributed by atoms with E-state index in [9.17, 15) is 8.42 Å². The number of hydrogen-bond acceptors (Lipinski definition) is 2. The maximum Gasteiger partial charge on any atom is 0.287 e. The van der Waals surface area contributed by atoms with Gasteiger partial charge in [0, 0.05) is 51.4 Å². The van der Waals surface area contributed by atoms with E-state index in [4.69, 9.17) is 4.55 Å². The minimum atomic E-state index is -3.85. The summed E-state index contributed by atoms with van der Waals surface area (Å²) < 4.78 is 27.3. The normalized spacial score (nSPS) is 11.2. The van der Waals surface area contributed by atoms with Crippen LogP contribution >= 0.6 is 0 Å². The monoisotopic (exact) mass is 161 g/mol. The van der Waals surface area contributed by atoms with Crippen LogP contribution in [0.4, 0.5) is 0 Å². The Bertz CT molecular complexity index is 157. The van der Waals surface area contributed by atoms with E-state index < -0.39 is 10.1 Å². The molecule has 0 heterocycles. The van der Waals surface area contributed by atoms with Crippen LogP contribution in [0.3, 0.4) is 0 Å². The summed E-state index contributed by atoms with van der Waals surface area (Å²) in [5, 5.41) is 0.715. The van der Waals surface area contributed by atoms with Gasteiger partial charge in [0.05, 0.1) is 5.41 Å². The summed E-state index contributed by atoms with van der Waals surface area (Å²) in [5.74, 6) is 0. The average Bonchev–Trinajstić information content (AvgIpc) is 1.30. The van der Waals surface area contributed by atoms with Crippen molar-refractivity contribution >= 4 is 61.5 Å². The SMILES string of the molecule is CC=CS(=O)(=O)O.[K]. The predicted octanol–water partition coefficient (Wildman–Crippen LogP) is 0.0270. The van der Waals surface area contributed by atoms with Crippen molar-refractivity contribution in [3.05, 3.63) is 11.5 Å². The maximum absolute atomic E-state index is 9.70. The van der Waals surface area contributed by atoms with Gasteiger partial charge in [0.15, 0.2) is 0 Å². The zero-order chi connectivity index (χ0) is 5.91. The molecule has 0 aliphatic heterocycles. The molecule has 0 aromatic carbocycles. The molecule has 0 aliphatic rings. The molecule has 0 amide bonds. The molecule has 0 spiro atoms. The van der Waals surface area contributed by atoms with Gasteiger partial charge in [-0.05, 0) is 6.92 Å². The molecule has 0 aromatic rings. The molecular weight excluding hydrogens is 155 g/mol. The van der Waals surface area contributed by atoms with Gasteiger partial charge < -0.3 is 0 Å². The van der Waals surface area contributed by atoms with Crippen molar-refractivity contribution in [2.45, 2.75) is 6.92 Å². The van der Waals surface area contributed by atoms with Crippen molar-refractivity contribution in [2.75, 3.05) is 0 Å². The Morgan fingerprint density at radius 1 is 1.50 bits per heavy atom. The molecule has 3 nitrogen and oxygen atoms in total. The topological polar surface area (TPSA) is 54.4 Å². The van der Waals surface area contributed by atoms with Crippen molar-refractivity contribution in [1.82, 2.24) is 0 Å². The fourth-order valence-corrected chi connectivity index (χ4v) is 0.516. The smallest absolute Gasteiger partial charge is 0.282 e.